The lowest BCUT2D eigenvalue weighted by Gasteiger charge is -2.34. The molecule has 2 aliphatic heterocycles. The fourth-order valence-corrected chi connectivity index (χ4v) is 6.33. The van der Waals surface area contributed by atoms with Crippen LogP contribution in [0.5, 0.6) is 5.75 Å². The number of sulfone groups is 1. The number of benzene rings is 2. The highest BCUT2D eigenvalue weighted by Crippen LogP contribution is 2.40. The van der Waals surface area contributed by atoms with Crippen LogP contribution in [-0.2, 0) is 9.84 Å². The highest BCUT2D eigenvalue weighted by Gasteiger charge is 2.27. The van der Waals surface area contributed by atoms with Gasteiger partial charge in [-0.2, -0.15) is 0 Å². The zero-order chi connectivity index (χ0) is 27.9. The summed E-state index contributed by atoms with van der Waals surface area (Å²) < 4.78 is 60.9. The summed E-state index contributed by atoms with van der Waals surface area (Å²) in [6.07, 6.45) is 3.98. The largest absolute Gasteiger partial charge is 0.486 e. The molecule has 1 fully saturated rings. The fourth-order valence-electron chi connectivity index (χ4n) is 5.32. The van der Waals surface area contributed by atoms with Crippen molar-refractivity contribution in [2.75, 3.05) is 49.8 Å². The van der Waals surface area contributed by atoms with Crippen LogP contribution < -0.4 is 15.0 Å². The number of piperidine rings is 1. The third-order valence-corrected chi connectivity index (χ3v) is 8.53. The number of likely N-dealkylation sites (tertiary alicyclic amines) is 1. The van der Waals surface area contributed by atoms with E-state index >= 15 is 4.39 Å². The Morgan fingerprint density at radius 3 is 2.51 bits per heavy atom. The number of halogens is 2. The summed E-state index contributed by atoms with van der Waals surface area (Å²) in [6.45, 7) is 6.76. The molecule has 0 amide bonds. The Hall–Kier alpha value is -3.31. The van der Waals surface area contributed by atoms with Gasteiger partial charge in [0.25, 0.3) is 0 Å². The molecule has 3 aromatic rings. The van der Waals surface area contributed by atoms with Crippen LogP contribution in [0.25, 0.3) is 11.3 Å². The molecule has 2 aliphatic rings. The second-order valence-electron chi connectivity index (χ2n) is 10.6. The maximum absolute atomic E-state index is 15.0. The first kappa shape index (κ1) is 27.3. The minimum absolute atomic E-state index is 0.0630. The van der Waals surface area contributed by atoms with E-state index < -0.39 is 21.5 Å². The second-order valence-corrected chi connectivity index (χ2v) is 12.5. The van der Waals surface area contributed by atoms with E-state index in [-0.39, 0.29) is 39.8 Å². The minimum Gasteiger partial charge on any atom is -0.486 e. The van der Waals surface area contributed by atoms with Crippen LogP contribution in [-0.4, -0.2) is 68.9 Å². The quantitative estimate of drug-likeness (QED) is 0.454. The van der Waals surface area contributed by atoms with Crippen LogP contribution in [0.15, 0.2) is 41.4 Å². The fraction of sp³-hybridized carbons (Fsp3) is 0.429. The number of nitrogens with zero attached hydrogens (tertiary/aromatic N) is 4. The highest BCUT2D eigenvalue weighted by atomic mass is 32.2. The van der Waals surface area contributed by atoms with E-state index in [0.717, 1.165) is 37.7 Å². The molecule has 3 heterocycles. The SMILES string of the molecule is CC(C)N1CCOc2c(F)cc(-c3nc(Nc4ccc(C5CCN(C)CC5)c(S(C)(=O)=O)c4)ncc3F)cc21. The summed E-state index contributed by atoms with van der Waals surface area (Å²) in [5.74, 6) is -0.940. The summed E-state index contributed by atoms with van der Waals surface area (Å²) in [7, 11) is -1.45. The molecule has 0 radical (unpaired) electrons. The number of nitrogens with one attached hydrogen (secondary N) is 1. The average Bonchev–Trinajstić information content (AvgIpc) is 2.89. The van der Waals surface area contributed by atoms with Gasteiger partial charge in [0.2, 0.25) is 5.95 Å². The summed E-state index contributed by atoms with van der Waals surface area (Å²) in [5.41, 5.74) is 1.98. The van der Waals surface area contributed by atoms with Gasteiger partial charge in [-0.25, -0.2) is 27.2 Å². The third-order valence-electron chi connectivity index (χ3n) is 7.38. The molecule has 0 saturated carbocycles. The first-order valence-electron chi connectivity index (χ1n) is 13.1. The summed E-state index contributed by atoms with van der Waals surface area (Å²) in [6, 6.07) is 8.16. The molecule has 1 N–H and O–H groups in total. The first-order chi connectivity index (χ1) is 18.5. The van der Waals surface area contributed by atoms with Gasteiger partial charge >= 0.3 is 0 Å². The summed E-state index contributed by atoms with van der Waals surface area (Å²) >= 11 is 0. The van der Waals surface area contributed by atoms with E-state index in [1.807, 2.05) is 24.8 Å². The number of fused-ring (bicyclic) bond motifs is 1. The number of rotatable bonds is 6. The van der Waals surface area contributed by atoms with Gasteiger partial charge in [0.05, 0.1) is 23.3 Å². The van der Waals surface area contributed by atoms with Gasteiger partial charge in [0.15, 0.2) is 27.2 Å². The van der Waals surface area contributed by atoms with E-state index in [1.54, 1.807) is 18.2 Å². The lowest BCUT2D eigenvalue weighted by atomic mass is 9.89. The van der Waals surface area contributed by atoms with Gasteiger partial charge in [-0.15, -0.1) is 0 Å². The summed E-state index contributed by atoms with van der Waals surface area (Å²) in [5, 5.41) is 3.00. The Balaban J connectivity index is 1.48. The Labute approximate surface area is 227 Å². The van der Waals surface area contributed by atoms with Crippen LogP contribution in [0.1, 0.15) is 38.2 Å². The van der Waals surface area contributed by atoms with Gasteiger partial charge in [-0.05, 0) is 82.6 Å². The average molecular weight is 558 g/mol. The number of hydrogen-bond acceptors (Lipinski definition) is 8. The number of ether oxygens (including phenoxy) is 1. The predicted molar refractivity (Wildman–Crippen MR) is 148 cm³/mol. The lowest BCUT2D eigenvalue weighted by molar-refractivity contribution is 0.254. The van der Waals surface area contributed by atoms with Crippen molar-refractivity contribution < 1.29 is 21.9 Å². The van der Waals surface area contributed by atoms with Gasteiger partial charge in [0, 0.05) is 23.5 Å². The van der Waals surface area contributed by atoms with Crippen molar-refractivity contribution in [1.29, 1.82) is 0 Å². The molecule has 0 unspecified atom stereocenters. The van der Waals surface area contributed by atoms with E-state index in [4.69, 9.17) is 4.74 Å². The first-order valence-corrected chi connectivity index (χ1v) is 15.0. The molecule has 5 rings (SSSR count). The van der Waals surface area contributed by atoms with Crippen molar-refractivity contribution in [2.45, 2.75) is 43.5 Å². The molecule has 11 heteroatoms. The Morgan fingerprint density at radius 1 is 1.08 bits per heavy atom. The molecule has 208 valence electrons. The van der Waals surface area contributed by atoms with Gasteiger partial charge in [-0.1, -0.05) is 6.07 Å². The van der Waals surface area contributed by atoms with Gasteiger partial charge in [0.1, 0.15) is 12.3 Å². The molecular weight excluding hydrogens is 524 g/mol. The second kappa shape index (κ2) is 10.7. The molecule has 2 aromatic carbocycles. The Kier molecular flexibility index (Phi) is 7.47. The molecule has 0 aliphatic carbocycles. The molecule has 1 aromatic heterocycles. The monoisotopic (exact) mass is 557 g/mol. The molecule has 0 spiro atoms. The zero-order valence-electron chi connectivity index (χ0n) is 22.5. The Bertz CT molecular complexity index is 1490. The van der Waals surface area contributed by atoms with E-state index in [2.05, 4.69) is 27.2 Å². The van der Waals surface area contributed by atoms with Gasteiger partial charge in [-0.3, -0.25) is 0 Å². The van der Waals surface area contributed by atoms with E-state index in [1.165, 1.54) is 12.3 Å². The smallest absolute Gasteiger partial charge is 0.227 e. The van der Waals surface area contributed by atoms with Crippen molar-refractivity contribution in [2.24, 2.45) is 0 Å². The van der Waals surface area contributed by atoms with Gasteiger partial charge < -0.3 is 19.9 Å². The van der Waals surface area contributed by atoms with Crippen molar-refractivity contribution >= 4 is 27.2 Å². The van der Waals surface area contributed by atoms with Crippen molar-refractivity contribution in [3.05, 3.63) is 53.7 Å². The number of aromatic nitrogens is 2. The van der Waals surface area contributed by atoms with E-state index in [9.17, 15) is 12.8 Å². The molecule has 0 atom stereocenters. The molecular formula is C28H33F2N5O3S. The standard InChI is InChI=1S/C28H33F2N5O3S/c1-17(2)35-11-12-38-27-22(29)13-19(14-24(27)35)26-23(30)16-31-28(33-26)32-20-5-6-21(25(15-20)39(4,36)37)18-7-9-34(3)10-8-18/h5-6,13-18H,7-12H2,1-4H3,(H,31,32,33). The molecule has 1 saturated heterocycles. The number of anilines is 3. The molecule has 0 bridgehead atoms. The van der Waals surface area contributed by atoms with Crippen molar-refractivity contribution in [3.63, 3.8) is 0 Å². The number of hydrogen-bond donors (Lipinski definition) is 1. The maximum atomic E-state index is 15.0. The van der Waals surface area contributed by atoms with Crippen LogP contribution in [0.4, 0.5) is 26.1 Å². The minimum atomic E-state index is -3.51. The molecule has 8 nitrogen and oxygen atoms in total. The lowest BCUT2D eigenvalue weighted by Crippen LogP contribution is -2.38. The van der Waals surface area contributed by atoms with Crippen molar-refractivity contribution in [1.82, 2.24) is 14.9 Å². The third kappa shape index (κ3) is 5.69. The Morgan fingerprint density at radius 2 is 1.82 bits per heavy atom. The normalized spacial score (nSPS) is 16.7. The van der Waals surface area contributed by atoms with Crippen LogP contribution in [0.2, 0.25) is 0 Å². The van der Waals surface area contributed by atoms with Crippen LogP contribution in [0, 0.1) is 11.6 Å². The van der Waals surface area contributed by atoms with E-state index in [0.29, 0.717) is 24.5 Å². The van der Waals surface area contributed by atoms with Crippen molar-refractivity contribution in [3.8, 4) is 17.0 Å². The highest BCUT2D eigenvalue weighted by molar-refractivity contribution is 7.90. The van der Waals surface area contributed by atoms with Crippen LogP contribution in [0.3, 0.4) is 0 Å². The van der Waals surface area contributed by atoms with Crippen LogP contribution >= 0.6 is 0 Å². The summed E-state index contributed by atoms with van der Waals surface area (Å²) in [4.78, 5) is 12.9. The topological polar surface area (TPSA) is 87.7 Å². The maximum Gasteiger partial charge on any atom is 0.227 e. The zero-order valence-corrected chi connectivity index (χ0v) is 23.4. The predicted octanol–water partition coefficient (Wildman–Crippen LogP) is 4.99. The molecule has 39 heavy (non-hydrogen) atoms.